The minimum absolute atomic E-state index is 0.395. The van der Waals surface area contributed by atoms with Gasteiger partial charge in [0.15, 0.2) is 0 Å². The smallest absolute Gasteiger partial charge is 0.251 e. The van der Waals surface area contributed by atoms with Crippen LogP contribution < -0.4 is 22.1 Å². The fourth-order valence-corrected chi connectivity index (χ4v) is 2.80. The quantitative estimate of drug-likeness (QED) is 0.357. The molecule has 0 aliphatic carbocycles. The summed E-state index contributed by atoms with van der Waals surface area (Å²) in [6.07, 6.45) is 0. The number of carbonyl (C=O) groups is 2. The van der Waals surface area contributed by atoms with Crippen LogP contribution in [0.3, 0.4) is 0 Å². The van der Waals surface area contributed by atoms with E-state index >= 15 is 0 Å². The second kappa shape index (κ2) is 11.3. The molecule has 2 aromatic rings. The van der Waals surface area contributed by atoms with E-state index in [1.165, 1.54) is 5.56 Å². The number of rotatable bonds is 9. The first-order chi connectivity index (χ1) is 14.7. The van der Waals surface area contributed by atoms with Crippen molar-refractivity contribution in [3.8, 4) is 11.8 Å². The number of methoxy groups -OCH3 is 1. The molecule has 0 aliphatic heterocycles. The van der Waals surface area contributed by atoms with Crippen LogP contribution in [0.15, 0.2) is 48.5 Å². The molecular formula is C24H30N4O3. The molecule has 0 spiro atoms. The molecular weight excluding hydrogens is 392 g/mol. The number of nitrogens with one attached hydrogen (secondary N) is 2. The maximum atomic E-state index is 12.4. The third-order valence-corrected chi connectivity index (χ3v) is 4.57. The molecule has 0 radical (unpaired) electrons. The topological polar surface area (TPSA) is 119 Å². The van der Waals surface area contributed by atoms with E-state index in [0.717, 1.165) is 24.2 Å². The maximum Gasteiger partial charge on any atom is 0.251 e. The van der Waals surface area contributed by atoms with Crippen LogP contribution in [0.2, 0.25) is 0 Å². The number of carbonyl (C=O) groups excluding carboxylic acids is 2. The normalized spacial score (nSPS) is 11.9. The van der Waals surface area contributed by atoms with Gasteiger partial charge in [0.25, 0.3) is 5.91 Å². The minimum atomic E-state index is -0.974. The van der Waals surface area contributed by atoms with Crippen LogP contribution in [0.4, 0.5) is 0 Å². The number of ether oxygens (including phenoxy) is 1. The van der Waals surface area contributed by atoms with Crippen LogP contribution in [0.1, 0.15) is 40.9 Å². The van der Waals surface area contributed by atoms with Crippen molar-refractivity contribution in [2.24, 2.45) is 11.5 Å². The molecule has 2 amide bonds. The molecule has 164 valence electrons. The molecule has 0 aromatic heterocycles. The summed E-state index contributed by atoms with van der Waals surface area (Å²) in [5.74, 6) is 5.09. The number of benzene rings is 2. The molecule has 1 unspecified atom stereocenters. The molecule has 31 heavy (non-hydrogen) atoms. The van der Waals surface area contributed by atoms with Gasteiger partial charge in [-0.1, -0.05) is 24.0 Å². The van der Waals surface area contributed by atoms with Crippen LogP contribution in [-0.2, 0) is 16.1 Å². The van der Waals surface area contributed by atoms with Gasteiger partial charge in [0.2, 0.25) is 5.91 Å². The number of hydrogen-bond donors (Lipinski definition) is 4. The lowest BCUT2D eigenvalue weighted by atomic mass is 9.95. The van der Waals surface area contributed by atoms with Crippen molar-refractivity contribution < 1.29 is 14.3 Å². The van der Waals surface area contributed by atoms with E-state index < -0.39 is 23.4 Å². The Labute approximate surface area is 183 Å². The third kappa shape index (κ3) is 7.87. The summed E-state index contributed by atoms with van der Waals surface area (Å²) in [4.78, 5) is 24.0. The Kier molecular flexibility index (Phi) is 8.76. The summed E-state index contributed by atoms with van der Waals surface area (Å²) in [5.41, 5.74) is 13.6. The van der Waals surface area contributed by atoms with Crippen LogP contribution in [-0.4, -0.2) is 43.7 Å². The van der Waals surface area contributed by atoms with E-state index in [9.17, 15) is 9.59 Å². The minimum Gasteiger partial charge on any atom is -0.383 e. The lowest BCUT2D eigenvalue weighted by Gasteiger charge is -2.28. The molecule has 7 heteroatoms. The Morgan fingerprint density at radius 3 is 2.06 bits per heavy atom. The van der Waals surface area contributed by atoms with Crippen LogP contribution in [0.25, 0.3) is 0 Å². The second-order valence-electron chi connectivity index (χ2n) is 7.82. The highest BCUT2D eigenvalue weighted by Crippen LogP contribution is 2.09. The summed E-state index contributed by atoms with van der Waals surface area (Å²) in [6.45, 7) is 5.52. The SMILES string of the molecule is COCCNCc1ccc(C#Cc2ccc(C(=O)NC(C(N)=O)C(C)(C)N)cc2)cc1. The molecule has 7 nitrogen and oxygen atoms in total. The zero-order valence-corrected chi connectivity index (χ0v) is 18.2. The highest BCUT2D eigenvalue weighted by Gasteiger charge is 2.31. The number of primary amides is 1. The Morgan fingerprint density at radius 2 is 1.58 bits per heavy atom. The Morgan fingerprint density at radius 1 is 1.03 bits per heavy atom. The van der Waals surface area contributed by atoms with Crippen molar-refractivity contribution >= 4 is 11.8 Å². The second-order valence-corrected chi connectivity index (χ2v) is 7.82. The van der Waals surface area contributed by atoms with Crippen LogP contribution in [0.5, 0.6) is 0 Å². The lowest BCUT2D eigenvalue weighted by molar-refractivity contribution is -0.121. The summed E-state index contributed by atoms with van der Waals surface area (Å²) in [5, 5.41) is 5.88. The van der Waals surface area contributed by atoms with Crippen molar-refractivity contribution in [2.45, 2.75) is 32.0 Å². The lowest BCUT2D eigenvalue weighted by Crippen LogP contribution is -2.60. The van der Waals surface area contributed by atoms with Gasteiger partial charge in [-0.25, -0.2) is 0 Å². The first-order valence-corrected chi connectivity index (χ1v) is 10.0. The molecule has 1 atom stereocenters. The van der Waals surface area contributed by atoms with Gasteiger partial charge in [-0.2, -0.15) is 0 Å². The largest absolute Gasteiger partial charge is 0.383 e. The molecule has 0 saturated heterocycles. The molecule has 2 aromatic carbocycles. The molecule has 0 fully saturated rings. The first-order valence-electron chi connectivity index (χ1n) is 10.0. The van der Waals surface area contributed by atoms with Gasteiger partial charge >= 0.3 is 0 Å². The van der Waals surface area contributed by atoms with Gasteiger partial charge in [-0.15, -0.1) is 0 Å². The van der Waals surface area contributed by atoms with Crippen molar-refractivity contribution in [3.05, 3.63) is 70.8 Å². The summed E-state index contributed by atoms with van der Waals surface area (Å²) in [6, 6.07) is 13.8. The van der Waals surface area contributed by atoms with Gasteiger partial charge in [0.1, 0.15) is 6.04 Å². The highest BCUT2D eigenvalue weighted by atomic mass is 16.5. The summed E-state index contributed by atoms with van der Waals surface area (Å²) >= 11 is 0. The summed E-state index contributed by atoms with van der Waals surface area (Å²) < 4.78 is 5.01. The van der Waals surface area contributed by atoms with Gasteiger partial charge < -0.3 is 26.8 Å². The van der Waals surface area contributed by atoms with Gasteiger partial charge in [0.05, 0.1) is 6.61 Å². The van der Waals surface area contributed by atoms with Gasteiger partial charge in [-0.05, 0) is 55.8 Å². The van der Waals surface area contributed by atoms with Crippen LogP contribution >= 0.6 is 0 Å². The van der Waals surface area contributed by atoms with Gasteiger partial charge in [0, 0.05) is 42.4 Å². The number of hydrogen-bond acceptors (Lipinski definition) is 5. The molecule has 0 bridgehead atoms. The predicted molar refractivity (Wildman–Crippen MR) is 121 cm³/mol. The van der Waals surface area contributed by atoms with E-state index in [2.05, 4.69) is 22.5 Å². The Bertz CT molecular complexity index is 936. The number of nitrogens with two attached hydrogens (primary N) is 2. The predicted octanol–water partition coefficient (Wildman–Crippen LogP) is 1.14. The van der Waals surface area contributed by atoms with Crippen molar-refractivity contribution in [1.29, 1.82) is 0 Å². The number of amides is 2. The summed E-state index contributed by atoms with van der Waals surface area (Å²) in [7, 11) is 1.68. The van der Waals surface area contributed by atoms with E-state index in [1.807, 2.05) is 24.3 Å². The Hall–Kier alpha value is -3.18. The van der Waals surface area contributed by atoms with E-state index in [1.54, 1.807) is 45.2 Å². The average Bonchev–Trinajstić information content (AvgIpc) is 2.73. The highest BCUT2D eigenvalue weighted by molar-refractivity contribution is 5.97. The standard InChI is InChI=1S/C24H30N4O3/c1-24(2,26)21(22(25)29)28-23(30)20-12-10-18(11-13-20)5-4-17-6-8-19(9-7-17)16-27-14-15-31-3/h6-13,21,27H,14-16,26H2,1-3H3,(H2,25,29)(H,28,30). The molecule has 0 saturated carbocycles. The fraction of sp³-hybridized carbons (Fsp3) is 0.333. The average molecular weight is 423 g/mol. The molecule has 2 rings (SSSR count). The van der Waals surface area contributed by atoms with E-state index in [-0.39, 0.29) is 0 Å². The van der Waals surface area contributed by atoms with Crippen LogP contribution in [0, 0.1) is 11.8 Å². The zero-order chi connectivity index (χ0) is 22.9. The molecule has 0 heterocycles. The van der Waals surface area contributed by atoms with Crippen molar-refractivity contribution in [3.63, 3.8) is 0 Å². The third-order valence-electron chi connectivity index (χ3n) is 4.57. The van der Waals surface area contributed by atoms with Gasteiger partial charge in [-0.3, -0.25) is 9.59 Å². The van der Waals surface area contributed by atoms with Crippen molar-refractivity contribution in [2.75, 3.05) is 20.3 Å². The molecule has 6 N–H and O–H groups in total. The van der Waals surface area contributed by atoms with Crippen molar-refractivity contribution in [1.82, 2.24) is 10.6 Å². The zero-order valence-electron chi connectivity index (χ0n) is 18.2. The molecule has 0 aliphatic rings. The first kappa shape index (κ1) is 24.1. The maximum absolute atomic E-state index is 12.4. The Balaban J connectivity index is 1.98. The fourth-order valence-electron chi connectivity index (χ4n) is 2.80. The monoisotopic (exact) mass is 422 g/mol. The van der Waals surface area contributed by atoms with E-state index in [0.29, 0.717) is 12.2 Å². The van der Waals surface area contributed by atoms with E-state index in [4.69, 9.17) is 16.2 Å².